The lowest BCUT2D eigenvalue weighted by molar-refractivity contribution is -0.147. The number of hydrogen-bond acceptors (Lipinski definition) is 3. The molecule has 1 amide bonds. The highest BCUT2D eigenvalue weighted by molar-refractivity contribution is 7.99. The van der Waals surface area contributed by atoms with Crippen molar-refractivity contribution in [3.8, 4) is 0 Å². The van der Waals surface area contributed by atoms with Crippen molar-refractivity contribution < 1.29 is 14.7 Å². The molecule has 0 atom stereocenters. The Labute approximate surface area is 114 Å². The highest BCUT2D eigenvalue weighted by atomic mass is 32.2. The number of carbonyl (C=O) groups is 2. The fourth-order valence-electron chi connectivity index (χ4n) is 1.16. The van der Waals surface area contributed by atoms with Crippen LogP contribution in [0.25, 0.3) is 0 Å². The van der Waals surface area contributed by atoms with E-state index in [1.54, 1.807) is 25.6 Å². The third-order valence-electron chi connectivity index (χ3n) is 2.72. The van der Waals surface area contributed by atoms with Crippen LogP contribution in [0.2, 0.25) is 0 Å². The Morgan fingerprint density at radius 2 is 1.94 bits per heavy atom. The lowest BCUT2D eigenvalue weighted by Gasteiger charge is -2.18. The fraction of sp³-hybridized carbons (Fsp3) is 0.846. The van der Waals surface area contributed by atoms with Crippen molar-refractivity contribution in [3.05, 3.63) is 0 Å². The zero-order chi connectivity index (χ0) is 14.2. The lowest BCUT2D eigenvalue weighted by Crippen LogP contribution is -2.32. The number of amides is 1. The van der Waals surface area contributed by atoms with Gasteiger partial charge in [-0.05, 0) is 38.4 Å². The minimum Gasteiger partial charge on any atom is -0.481 e. The van der Waals surface area contributed by atoms with Crippen LogP contribution in [0.3, 0.4) is 0 Å². The van der Waals surface area contributed by atoms with Gasteiger partial charge in [0.2, 0.25) is 5.91 Å². The van der Waals surface area contributed by atoms with Crippen LogP contribution >= 0.6 is 11.8 Å². The van der Waals surface area contributed by atoms with Crippen LogP contribution in [0.4, 0.5) is 0 Å². The van der Waals surface area contributed by atoms with Crippen molar-refractivity contribution in [1.82, 2.24) is 5.32 Å². The molecule has 0 radical (unpaired) electrons. The van der Waals surface area contributed by atoms with Gasteiger partial charge in [-0.3, -0.25) is 9.59 Å². The zero-order valence-corrected chi connectivity index (χ0v) is 12.6. The van der Waals surface area contributed by atoms with E-state index in [-0.39, 0.29) is 5.91 Å². The first-order chi connectivity index (χ1) is 8.25. The Morgan fingerprint density at radius 1 is 1.33 bits per heavy atom. The second-order valence-electron chi connectivity index (χ2n) is 5.52. The molecule has 0 aromatic heterocycles. The molecule has 0 aliphatic rings. The van der Waals surface area contributed by atoms with Crippen molar-refractivity contribution in [2.45, 2.75) is 40.5 Å². The van der Waals surface area contributed by atoms with Crippen LogP contribution in [0, 0.1) is 11.3 Å². The van der Waals surface area contributed by atoms with Gasteiger partial charge in [0.05, 0.1) is 11.2 Å². The van der Waals surface area contributed by atoms with Gasteiger partial charge in [-0.2, -0.15) is 11.8 Å². The smallest absolute Gasteiger partial charge is 0.309 e. The van der Waals surface area contributed by atoms with Crippen molar-refractivity contribution in [1.29, 1.82) is 0 Å². The summed E-state index contributed by atoms with van der Waals surface area (Å²) in [5, 5.41) is 11.7. The average molecular weight is 275 g/mol. The SMILES string of the molecule is CC(C)CCSCC(=O)NCCC(C)(C)C(=O)O. The zero-order valence-electron chi connectivity index (χ0n) is 11.8. The van der Waals surface area contributed by atoms with Gasteiger partial charge in [-0.15, -0.1) is 0 Å². The molecule has 0 aromatic rings. The third-order valence-corrected chi connectivity index (χ3v) is 3.71. The van der Waals surface area contributed by atoms with Gasteiger partial charge in [-0.1, -0.05) is 13.8 Å². The Kier molecular flexibility index (Phi) is 8.07. The van der Waals surface area contributed by atoms with Gasteiger partial charge in [-0.25, -0.2) is 0 Å². The molecule has 0 saturated heterocycles. The van der Waals surface area contributed by atoms with Gasteiger partial charge >= 0.3 is 5.97 Å². The van der Waals surface area contributed by atoms with Crippen molar-refractivity contribution in [2.24, 2.45) is 11.3 Å². The number of aliphatic carboxylic acids is 1. The molecule has 0 aliphatic carbocycles. The standard InChI is InChI=1S/C13H25NO3S/c1-10(2)5-8-18-9-11(15)14-7-6-13(3,4)12(16)17/h10H,5-9H2,1-4H3,(H,14,15)(H,16,17). The molecule has 0 spiro atoms. The van der Waals surface area contributed by atoms with Crippen LogP contribution in [-0.2, 0) is 9.59 Å². The summed E-state index contributed by atoms with van der Waals surface area (Å²) in [5.41, 5.74) is -0.780. The van der Waals surface area contributed by atoms with Crippen LogP contribution in [0.15, 0.2) is 0 Å². The summed E-state index contributed by atoms with van der Waals surface area (Å²) < 4.78 is 0. The maximum atomic E-state index is 11.5. The largest absolute Gasteiger partial charge is 0.481 e. The summed E-state index contributed by atoms with van der Waals surface area (Å²) in [5.74, 6) is 1.27. The van der Waals surface area contributed by atoms with Gasteiger partial charge in [0.1, 0.15) is 0 Å². The third kappa shape index (κ3) is 8.39. The molecule has 0 saturated carbocycles. The van der Waals surface area contributed by atoms with Gasteiger partial charge < -0.3 is 10.4 Å². The Hall–Kier alpha value is -0.710. The van der Waals surface area contributed by atoms with Gasteiger partial charge in [0.15, 0.2) is 0 Å². The summed E-state index contributed by atoms with van der Waals surface area (Å²) in [6.45, 7) is 8.07. The molecule has 0 unspecified atom stereocenters. The topological polar surface area (TPSA) is 66.4 Å². The van der Waals surface area contributed by atoms with E-state index < -0.39 is 11.4 Å². The first kappa shape index (κ1) is 17.3. The van der Waals surface area contributed by atoms with Crippen molar-refractivity contribution >= 4 is 23.6 Å². The summed E-state index contributed by atoms with van der Waals surface area (Å²) in [6, 6.07) is 0. The molecule has 0 rings (SSSR count). The second-order valence-corrected chi connectivity index (χ2v) is 6.63. The molecule has 0 aromatic carbocycles. The molecule has 5 heteroatoms. The molecular formula is C13H25NO3S. The second kappa shape index (κ2) is 8.40. The summed E-state index contributed by atoms with van der Waals surface area (Å²) in [4.78, 5) is 22.3. The number of carboxylic acids is 1. The highest BCUT2D eigenvalue weighted by Gasteiger charge is 2.26. The molecule has 106 valence electrons. The Bertz CT molecular complexity index is 277. The van der Waals surface area contributed by atoms with E-state index in [0.717, 1.165) is 12.2 Å². The van der Waals surface area contributed by atoms with Crippen LogP contribution in [-0.4, -0.2) is 35.0 Å². The number of carbonyl (C=O) groups excluding carboxylic acids is 1. The Morgan fingerprint density at radius 3 is 2.44 bits per heavy atom. The quantitative estimate of drug-likeness (QED) is 0.634. The first-order valence-corrected chi connectivity index (χ1v) is 7.49. The molecule has 4 nitrogen and oxygen atoms in total. The van der Waals surface area contributed by atoms with E-state index >= 15 is 0 Å². The number of thioether (sulfide) groups is 1. The van der Waals surface area contributed by atoms with Gasteiger partial charge in [0, 0.05) is 6.54 Å². The number of nitrogens with one attached hydrogen (secondary N) is 1. The Balaban J connectivity index is 3.63. The number of hydrogen-bond donors (Lipinski definition) is 2. The van der Waals surface area contributed by atoms with Crippen LogP contribution < -0.4 is 5.32 Å². The first-order valence-electron chi connectivity index (χ1n) is 6.33. The van der Waals surface area contributed by atoms with E-state index in [1.165, 1.54) is 0 Å². The number of carboxylic acid groups (broad SMARTS) is 1. The maximum Gasteiger partial charge on any atom is 0.309 e. The highest BCUT2D eigenvalue weighted by Crippen LogP contribution is 2.19. The normalized spacial score (nSPS) is 11.6. The molecule has 18 heavy (non-hydrogen) atoms. The van der Waals surface area contributed by atoms with Crippen molar-refractivity contribution in [2.75, 3.05) is 18.1 Å². The van der Waals surface area contributed by atoms with Gasteiger partial charge in [0.25, 0.3) is 0 Å². The van der Waals surface area contributed by atoms with E-state index in [0.29, 0.717) is 24.6 Å². The molecule has 2 N–H and O–H groups in total. The van der Waals surface area contributed by atoms with Crippen molar-refractivity contribution in [3.63, 3.8) is 0 Å². The molecular weight excluding hydrogens is 250 g/mol. The summed E-state index contributed by atoms with van der Waals surface area (Å²) >= 11 is 1.63. The predicted octanol–water partition coefficient (Wildman–Crippen LogP) is 2.38. The maximum absolute atomic E-state index is 11.5. The summed E-state index contributed by atoms with van der Waals surface area (Å²) in [6.07, 6.45) is 1.56. The lowest BCUT2D eigenvalue weighted by atomic mass is 9.90. The summed E-state index contributed by atoms with van der Waals surface area (Å²) in [7, 11) is 0. The van der Waals surface area contributed by atoms with Crippen LogP contribution in [0.1, 0.15) is 40.5 Å². The van der Waals surface area contributed by atoms with E-state index in [2.05, 4.69) is 19.2 Å². The monoisotopic (exact) mass is 275 g/mol. The minimum atomic E-state index is -0.831. The average Bonchev–Trinajstić information content (AvgIpc) is 2.23. The molecule has 0 bridgehead atoms. The minimum absolute atomic E-state index is 0.00931. The predicted molar refractivity (Wildman–Crippen MR) is 75.8 cm³/mol. The van der Waals surface area contributed by atoms with E-state index in [4.69, 9.17) is 5.11 Å². The molecule has 0 aliphatic heterocycles. The number of rotatable bonds is 9. The van der Waals surface area contributed by atoms with Crippen LogP contribution in [0.5, 0.6) is 0 Å². The molecule has 0 heterocycles. The van der Waals surface area contributed by atoms with E-state index in [1.807, 2.05) is 0 Å². The van der Waals surface area contributed by atoms with E-state index in [9.17, 15) is 9.59 Å². The fourth-order valence-corrected chi connectivity index (χ4v) is 2.23. The molecule has 0 fully saturated rings.